The molecule has 10 heteroatoms. The van der Waals surface area contributed by atoms with Gasteiger partial charge in [-0.2, -0.15) is 0 Å². The Morgan fingerprint density at radius 3 is 2.55 bits per heavy atom. The van der Waals surface area contributed by atoms with Gasteiger partial charge in [0.15, 0.2) is 11.6 Å². The third kappa shape index (κ3) is 4.83. The van der Waals surface area contributed by atoms with E-state index in [0.29, 0.717) is 5.02 Å². The van der Waals surface area contributed by atoms with Gasteiger partial charge in [0.1, 0.15) is 12.6 Å². The van der Waals surface area contributed by atoms with Crippen LogP contribution in [0.15, 0.2) is 36.5 Å². The van der Waals surface area contributed by atoms with Crippen molar-refractivity contribution < 1.29 is 18.8 Å². The van der Waals surface area contributed by atoms with Gasteiger partial charge < -0.3 is 10.2 Å². The van der Waals surface area contributed by atoms with Crippen LogP contribution in [0.2, 0.25) is 10.0 Å². The van der Waals surface area contributed by atoms with Crippen molar-refractivity contribution in [1.29, 1.82) is 0 Å². The van der Waals surface area contributed by atoms with E-state index in [0.717, 1.165) is 16.5 Å². The van der Waals surface area contributed by atoms with Crippen molar-refractivity contribution in [2.24, 2.45) is 0 Å². The molecule has 1 aromatic carbocycles. The highest BCUT2D eigenvalue weighted by Crippen LogP contribution is 2.25. The van der Waals surface area contributed by atoms with Crippen molar-refractivity contribution in [2.45, 2.75) is 19.5 Å². The fourth-order valence-electron chi connectivity index (χ4n) is 3.00. The fraction of sp³-hybridized carbons (Fsp3) is 0.263. The van der Waals surface area contributed by atoms with E-state index >= 15 is 0 Å². The molecule has 1 saturated heterocycles. The summed E-state index contributed by atoms with van der Waals surface area (Å²) in [5.41, 5.74) is 0.757. The van der Waals surface area contributed by atoms with Crippen molar-refractivity contribution in [1.82, 2.24) is 15.2 Å². The Bertz CT molecular complexity index is 955. The molecule has 152 valence electrons. The van der Waals surface area contributed by atoms with Gasteiger partial charge in [-0.1, -0.05) is 35.3 Å². The van der Waals surface area contributed by atoms with E-state index in [1.807, 2.05) is 0 Å². The number of carbonyl (C=O) groups excluding carboxylic acids is 3. The zero-order valence-corrected chi connectivity index (χ0v) is 16.9. The van der Waals surface area contributed by atoms with E-state index in [1.54, 1.807) is 24.3 Å². The molecule has 1 unspecified atom stereocenters. The molecular formula is C19H17Cl2FN4O3. The number of hydrogen-bond acceptors (Lipinski definition) is 4. The maximum absolute atomic E-state index is 14.3. The minimum absolute atomic E-state index is 0.0706. The molecule has 0 bridgehead atoms. The third-order valence-corrected chi connectivity index (χ3v) is 4.85. The molecule has 1 fully saturated rings. The third-order valence-electron chi connectivity index (χ3n) is 4.40. The maximum atomic E-state index is 14.3. The molecule has 1 aliphatic heterocycles. The molecule has 3 amide bonds. The number of benzene rings is 1. The molecule has 0 saturated carbocycles. The summed E-state index contributed by atoms with van der Waals surface area (Å²) in [5.74, 6) is -2.42. The molecule has 2 heterocycles. The highest BCUT2D eigenvalue weighted by atomic mass is 35.5. The molecule has 1 N–H and O–H groups in total. The summed E-state index contributed by atoms with van der Waals surface area (Å²) in [6, 6.07) is 6.83. The summed E-state index contributed by atoms with van der Waals surface area (Å²) in [6.07, 6.45) is 1.20. The molecule has 29 heavy (non-hydrogen) atoms. The van der Waals surface area contributed by atoms with Crippen molar-refractivity contribution in [3.63, 3.8) is 0 Å². The number of anilines is 1. The van der Waals surface area contributed by atoms with E-state index in [1.165, 1.54) is 18.0 Å². The Balaban J connectivity index is 1.91. The predicted octanol–water partition coefficient (Wildman–Crippen LogP) is 2.41. The highest BCUT2D eigenvalue weighted by molar-refractivity contribution is 6.30. The summed E-state index contributed by atoms with van der Waals surface area (Å²) >= 11 is 11.6. The first-order valence-electron chi connectivity index (χ1n) is 8.67. The smallest absolute Gasteiger partial charge is 0.253 e. The number of aromatic nitrogens is 1. The van der Waals surface area contributed by atoms with Gasteiger partial charge in [-0.05, 0) is 23.8 Å². The first kappa shape index (κ1) is 21.0. The summed E-state index contributed by atoms with van der Waals surface area (Å²) < 4.78 is 14.3. The molecular weight excluding hydrogens is 422 g/mol. The number of halogens is 3. The lowest BCUT2D eigenvalue weighted by atomic mass is 10.1. The standard InChI is InChI=1S/C19H17Cl2FN4O3/c1-11(27)23-8-16-19(29)26(18-15(22)6-14(21)7-24-18)10-17(28)25(16)9-12-2-4-13(20)5-3-12/h2-7,16H,8-10H2,1H3,(H,23,27). The summed E-state index contributed by atoms with van der Waals surface area (Å²) in [4.78, 5) is 43.5. The van der Waals surface area contributed by atoms with E-state index in [9.17, 15) is 18.8 Å². The van der Waals surface area contributed by atoms with Gasteiger partial charge in [-0.3, -0.25) is 19.3 Å². The number of pyridine rings is 1. The second-order valence-electron chi connectivity index (χ2n) is 6.48. The SMILES string of the molecule is CC(=O)NCC1C(=O)N(c2ncc(Cl)cc2F)CC(=O)N1Cc1ccc(Cl)cc1. The molecule has 0 aliphatic carbocycles. The van der Waals surface area contributed by atoms with Crippen LogP contribution >= 0.6 is 23.2 Å². The van der Waals surface area contributed by atoms with Crippen LogP contribution in [0.5, 0.6) is 0 Å². The average molecular weight is 439 g/mol. The zero-order valence-electron chi connectivity index (χ0n) is 15.4. The molecule has 7 nitrogen and oxygen atoms in total. The van der Waals surface area contributed by atoms with Gasteiger partial charge in [0, 0.05) is 31.2 Å². The minimum atomic E-state index is -1.02. The van der Waals surface area contributed by atoms with Crippen LogP contribution in [0.1, 0.15) is 12.5 Å². The molecule has 3 rings (SSSR count). The van der Waals surface area contributed by atoms with Crippen LogP contribution in [-0.4, -0.2) is 46.7 Å². The van der Waals surface area contributed by atoms with Crippen LogP contribution < -0.4 is 10.2 Å². The fourth-order valence-corrected chi connectivity index (χ4v) is 3.27. The molecule has 2 aromatic rings. The Hall–Kier alpha value is -2.71. The number of carbonyl (C=O) groups is 3. The van der Waals surface area contributed by atoms with E-state index in [4.69, 9.17) is 23.2 Å². The Morgan fingerprint density at radius 1 is 1.24 bits per heavy atom. The summed E-state index contributed by atoms with van der Waals surface area (Å²) in [6.45, 7) is 0.945. The number of hydrogen-bond donors (Lipinski definition) is 1. The molecule has 1 aliphatic rings. The first-order chi connectivity index (χ1) is 13.8. The van der Waals surface area contributed by atoms with Crippen LogP contribution in [-0.2, 0) is 20.9 Å². The number of piperazine rings is 1. The van der Waals surface area contributed by atoms with Gasteiger partial charge in [-0.25, -0.2) is 9.37 Å². The van der Waals surface area contributed by atoms with Crippen molar-refractivity contribution in [2.75, 3.05) is 18.0 Å². The van der Waals surface area contributed by atoms with Crippen molar-refractivity contribution in [3.8, 4) is 0 Å². The Labute approximate surface area is 176 Å². The number of amides is 3. The van der Waals surface area contributed by atoms with Crippen LogP contribution in [0, 0.1) is 5.82 Å². The van der Waals surface area contributed by atoms with Gasteiger partial charge in [0.2, 0.25) is 11.8 Å². The number of nitrogens with one attached hydrogen (secondary N) is 1. The second kappa shape index (κ2) is 8.75. The lowest BCUT2D eigenvalue weighted by molar-refractivity contribution is -0.144. The molecule has 1 atom stereocenters. The van der Waals surface area contributed by atoms with Crippen LogP contribution in [0.3, 0.4) is 0 Å². The quantitative estimate of drug-likeness (QED) is 0.776. The monoisotopic (exact) mass is 438 g/mol. The highest BCUT2D eigenvalue weighted by Gasteiger charge is 2.41. The summed E-state index contributed by atoms with van der Waals surface area (Å²) in [7, 11) is 0. The predicted molar refractivity (Wildman–Crippen MR) is 106 cm³/mol. The summed E-state index contributed by atoms with van der Waals surface area (Å²) in [5, 5.41) is 3.16. The van der Waals surface area contributed by atoms with Gasteiger partial charge in [0.05, 0.1) is 5.02 Å². The average Bonchev–Trinajstić information content (AvgIpc) is 2.66. The molecule has 0 spiro atoms. The minimum Gasteiger partial charge on any atom is -0.354 e. The lowest BCUT2D eigenvalue weighted by Crippen LogP contribution is -2.63. The van der Waals surface area contributed by atoms with E-state index < -0.39 is 23.7 Å². The van der Waals surface area contributed by atoms with E-state index in [2.05, 4.69) is 10.3 Å². The molecule has 0 radical (unpaired) electrons. The first-order valence-corrected chi connectivity index (χ1v) is 9.42. The maximum Gasteiger partial charge on any atom is 0.253 e. The number of rotatable bonds is 5. The van der Waals surface area contributed by atoms with Gasteiger partial charge >= 0.3 is 0 Å². The lowest BCUT2D eigenvalue weighted by Gasteiger charge is -2.40. The van der Waals surface area contributed by atoms with Crippen LogP contribution in [0.25, 0.3) is 0 Å². The normalized spacial score (nSPS) is 16.9. The number of nitrogens with zero attached hydrogens (tertiary/aromatic N) is 3. The largest absolute Gasteiger partial charge is 0.354 e. The topological polar surface area (TPSA) is 82.6 Å². The van der Waals surface area contributed by atoms with Crippen molar-refractivity contribution >= 4 is 46.7 Å². The zero-order chi connectivity index (χ0) is 21.1. The van der Waals surface area contributed by atoms with Gasteiger partial charge in [-0.15, -0.1) is 0 Å². The molecule has 1 aromatic heterocycles. The van der Waals surface area contributed by atoms with Crippen LogP contribution in [0.4, 0.5) is 10.2 Å². The van der Waals surface area contributed by atoms with Crippen molar-refractivity contribution in [3.05, 3.63) is 58.0 Å². The second-order valence-corrected chi connectivity index (χ2v) is 7.36. The Morgan fingerprint density at radius 2 is 1.93 bits per heavy atom. The van der Waals surface area contributed by atoms with E-state index in [-0.39, 0.29) is 36.4 Å². The van der Waals surface area contributed by atoms with Gasteiger partial charge in [0.25, 0.3) is 5.91 Å². The Kier molecular flexibility index (Phi) is 6.34.